The Bertz CT molecular complexity index is 559. The van der Waals surface area contributed by atoms with E-state index in [0.717, 1.165) is 37.0 Å². The van der Waals surface area contributed by atoms with E-state index < -0.39 is 0 Å². The van der Waals surface area contributed by atoms with Crippen molar-refractivity contribution in [3.63, 3.8) is 0 Å². The van der Waals surface area contributed by atoms with Crippen molar-refractivity contribution in [1.82, 2.24) is 19.7 Å². The summed E-state index contributed by atoms with van der Waals surface area (Å²) >= 11 is 0. The van der Waals surface area contributed by atoms with Crippen LogP contribution in [0.15, 0.2) is 16.8 Å². The zero-order valence-corrected chi connectivity index (χ0v) is 12.5. The van der Waals surface area contributed by atoms with Gasteiger partial charge in [-0.15, -0.1) is 0 Å². The van der Waals surface area contributed by atoms with Gasteiger partial charge in [0.15, 0.2) is 0 Å². The summed E-state index contributed by atoms with van der Waals surface area (Å²) in [5, 5.41) is 4.27. The molecule has 1 aliphatic rings. The normalized spacial score (nSPS) is 17.8. The Hall–Kier alpha value is -1.62. The number of rotatable bonds is 3. The maximum absolute atomic E-state index is 5.67. The lowest BCUT2D eigenvalue weighted by Gasteiger charge is -2.30. The van der Waals surface area contributed by atoms with E-state index in [4.69, 9.17) is 4.42 Å². The van der Waals surface area contributed by atoms with E-state index in [1.807, 2.05) is 31.8 Å². The van der Waals surface area contributed by atoms with E-state index in [2.05, 4.69) is 21.2 Å². The lowest BCUT2D eigenvalue weighted by atomic mass is 9.91. The van der Waals surface area contributed by atoms with Gasteiger partial charge in [-0.05, 0) is 51.3 Å². The molecule has 1 fully saturated rings. The number of aryl methyl sites for hydroxylation is 3. The van der Waals surface area contributed by atoms with Crippen LogP contribution in [0.25, 0.3) is 0 Å². The number of hydrogen-bond donors (Lipinski definition) is 0. The van der Waals surface area contributed by atoms with Crippen LogP contribution in [0, 0.1) is 13.8 Å². The quantitative estimate of drug-likeness (QED) is 0.862. The van der Waals surface area contributed by atoms with E-state index >= 15 is 0 Å². The summed E-state index contributed by atoms with van der Waals surface area (Å²) in [6, 6.07) is 0. The van der Waals surface area contributed by atoms with E-state index in [1.54, 1.807) is 0 Å². The van der Waals surface area contributed by atoms with Gasteiger partial charge in [0.1, 0.15) is 5.76 Å². The number of oxazole rings is 1. The zero-order valence-electron chi connectivity index (χ0n) is 12.5. The molecule has 0 N–H and O–H groups in total. The average Bonchev–Trinajstić information content (AvgIpc) is 2.98. The minimum Gasteiger partial charge on any atom is -0.444 e. The molecule has 0 atom stereocenters. The molecular weight excluding hydrogens is 252 g/mol. The third-order valence-corrected chi connectivity index (χ3v) is 4.22. The molecule has 3 heterocycles. The fraction of sp³-hybridized carbons (Fsp3) is 0.600. The van der Waals surface area contributed by atoms with Crippen molar-refractivity contribution in [3.05, 3.63) is 35.3 Å². The Morgan fingerprint density at radius 1 is 1.30 bits per heavy atom. The van der Waals surface area contributed by atoms with Crippen molar-refractivity contribution < 1.29 is 4.42 Å². The molecule has 2 aromatic heterocycles. The van der Waals surface area contributed by atoms with Crippen LogP contribution >= 0.6 is 0 Å². The highest BCUT2D eigenvalue weighted by Gasteiger charge is 2.22. The highest BCUT2D eigenvalue weighted by molar-refractivity contribution is 5.12. The highest BCUT2D eigenvalue weighted by Crippen LogP contribution is 2.28. The summed E-state index contributed by atoms with van der Waals surface area (Å²) in [7, 11) is 1.98. The molecule has 5 nitrogen and oxygen atoms in total. The molecule has 0 saturated carbocycles. The maximum atomic E-state index is 5.67. The number of hydrogen-bond acceptors (Lipinski definition) is 4. The maximum Gasteiger partial charge on any atom is 0.208 e. The lowest BCUT2D eigenvalue weighted by Crippen LogP contribution is -2.32. The summed E-state index contributed by atoms with van der Waals surface area (Å²) < 4.78 is 7.55. The third-order valence-electron chi connectivity index (χ3n) is 4.22. The number of piperidine rings is 1. The summed E-state index contributed by atoms with van der Waals surface area (Å²) in [4.78, 5) is 6.89. The van der Waals surface area contributed by atoms with Crippen LogP contribution in [0.1, 0.15) is 41.7 Å². The standard InChI is InChI=1S/C15H22N4O/c1-11-12(2)20-15(17-11)10-19-6-4-13(5-7-19)14-8-16-18(3)9-14/h8-9,13H,4-7,10H2,1-3H3. The minimum atomic E-state index is 0.646. The molecule has 5 heteroatoms. The fourth-order valence-electron chi connectivity index (χ4n) is 2.87. The monoisotopic (exact) mass is 274 g/mol. The lowest BCUT2D eigenvalue weighted by molar-refractivity contribution is 0.187. The van der Waals surface area contributed by atoms with E-state index in [-0.39, 0.29) is 0 Å². The number of aromatic nitrogens is 3. The predicted molar refractivity (Wildman–Crippen MR) is 76.4 cm³/mol. The molecule has 0 unspecified atom stereocenters. The SMILES string of the molecule is Cc1nc(CN2CCC(c3cnn(C)c3)CC2)oc1C. The van der Waals surface area contributed by atoms with Crippen LogP contribution in [-0.2, 0) is 13.6 Å². The Balaban J connectivity index is 1.56. The first kappa shape index (κ1) is 13.4. The van der Waals surface area contributed by atoms with E-state index in [1.165, 1.54) is 18.4 Å². The van der Waals surface area contributed by atoms with Gasteiger partial charge in [-0.3, -0.25) is 9.58 Å². The number of nitrogens with zero attached hydrogens (tertiary/aromatic N) is 4. The molecule has 3 rings (SSSR count). The largest absolute Gasteiger partial charge is 0.444 e. The summed E-state index contributed by atoms with van der Waals surface area (Å²) in [6.07, 6.45) is 6.51. The average molecular weight is 274 g/mol. The van der Waals surface area contributed by atoms with Crippen LogP contribution in [0.3, 0.4) is 0 Å². The second kappa shape index (κ2) is 5.40. The molecule has 1 aliphatic heterocycles. The molecule has 0 aromatic carbocycles. The van der Waals surface area contributed by atoms with Crippen molar-refractivity contribution >= 4 is 0 Å². The van der Waals surface area contributed by atoms with Crippen LogP contribution in [0.5, 0.6) is 0 Å². The van der Waals surface area contributed by atoms with Crippen molar-refractivity contribution in [1.29, 1.82) is 0 Å². The summed E-state index contributed by atoms with van der Waals surface area (Å²) in [5.74, 6) is 2.43. The van der Waals surface area contributed by atoms with Gasteiger partial charge in [-0.2, -0.15) is 5.10 Å². The van der Waals surface area contributed by atoms with Crippen molar-refractivity contribution in [2.24, 2.45) is 7.05 Å². The molecule has 0 bridgehead atoms. The van der Waals surface area contributed by atoms with Gasteiger partial charge in [-0.1, -0.05) is 0 Å². The van der Waals surface area contributed by atoms with Gasteiger partial charge < -0.3 is 4.42 Å². The summed E-state index contributed by atoms with van der Waals surface area (Å²) in [6.45, 7) is 6.99. The molecule has 2 aromatic rings. The molecule has 108 valence electrons. The predicted octanol–water partition coefficient (Wildman–Crippen LogP) is 2.40. The van der Waals surface area contributed by atoms with Gasteiger partial charge in [0, 0.05) is 13.2 Å². The van der Waals surface area contributed by atoms with Crippen molar-refractivity contribution in [3.8, 4) is 0 Å². The summed E-state index contributed by atoms with van der Waals surface area (Å²) in [5.41, 5.74) is 2.38. The van der Waals surface area contributed by atoms with Crippen molar-refractivity contribution in [2.75, 3.05) is 13.1 Å². The second-order valence-corrected chi connectivity index (χ2v) is 5.75. The first-order valence-corrected chi connectivity index (χ1v) is 7.25. The van der Waals surface area contributed by atoms with Crippen LogP contribution in [-0.4, -0.2) is 32.8 Å². The van der Waals surface area contributed by atoms with Gasteiger partial charge >= 0.3 is 0 Å². The second-order valence-electron chi connectivity index (χ2n) is 5.75. The Labute approximate surface area is 119 Å². The molecule has 0 radical (unpaired) electrons. The molecule has 0 amide bonds. The topological polar surface area (TPSA) is 47.1 Å². The minimum absolute atomic E-state index is 0.646. The number of likely N-dealkylation sites (tertiary alicyclic amines) is 1. The van der Waals surface area contributed by atoms with Gasteiger partial charge in [0.25, 0.3) is 0 Å². The van der Waals surface area contributed by atoms with Gasteiger partial charge in [0.05, 0.1) is 18.4 Å². The molecular formula is C15H22N4O. The first-order valence-electron chi connectivity index (χ1n) is 7.25. The third kappa shape index (κ3) is 2.77. The molecule has 0 spiro atoms. The van der Waals surface area contributed by atoms with E-state index in [9.17, 15) is 0 Å². The van der Waals surface area contributed by atoms with Crippen LogP contribution in [0.2, 0.25) is 0 Å². The molecule has 0 aliphatic carbocycles. The first-order chi connectivity index (χ1) is 9.61. The Morgan fingerprint density at radius 3 is 2.60 bits per heavy atom. The van der Waals surface area contributed by atoms with Crippen molar-refractivity contribution in [2.45, 2.75) is 39.2 Å². The Morgan fingerprint density at radius 2 is 2.05 bits per heavy atom. The zero-order chi connectivity index (χ0) is 14.1. The van der Waals surface area contributed by atoms with E-state index in [0.29, 0.717) is 5.92 Å². The Kier molecular flexibility index (Phi) is 3.61. The smallest absolute Gasteiger partial charge is 0.208 e. The van der Waals surface area contributed by atoms with Gasteiger partial charge in [-0.25, -0.2) is 4.98 Å². The van der Waals surface area contributed by atoms with Crippen LogP contribution in [0.4, 0.5) is 0 Å². The highest BCUT2D eigenvalue weighted by atomic mass is 16.4. The molecule has 1 saturated heterocycles. The van der Waals surface area contributed by atoms with Crippen LogP contribution < -0.4 is 0 Å². The van der Waals surface area contributed by atoms with Gasteiger partial charge in [0.2, 0.25) is 5.89 Å². The fourth-order valence-corrected chi connectivity index (χ4v) is 2.87. The molecule has 20 heavy (non-hydrogen) atoms.